The maximum atomic E-state index is 12.9. The van der Waals surface area contributed by atoms with Crippen LogP contribution in [0.5, 0.6) is 0 Å². The van der Waals surface area contributed by atoms with Crippen LogP contribution < -0.4 is 10.6 Å². The predicted octanol–water partition coefficient (Wildman–Crippen LogP) is 2.12. The van der Waals surface area contributed by atoms with E-state index in [0.29, 0.717) is 11.9 Å². The van der Waals surface area contributed by atoms with Crippen molar-refractivity contribution in [3.63, 3.8) is 0 Å². The molecule has 1 spiro atoms. The maximum absolute atomic E-state index is 12.9. The summed E-state index contributed by atoms with van der Waals surface area (Å²) in [5.74, 6) is 1.99. The summed E-state index contributed by atoms with van der Waals surface area (Å²) in [5.41, 5.74) is 2.86. The van der Waals surface area contributed by atoms with Gasteiger partial charge in [0.25, 0.3) is 0 Å². The van der Waals surface area contributed by atoms with Gasteiger partial charge in [-0.25, -0.2) is 4.68 Å². The number of fused-ring (bicyclic) bond motifs is 2. The van der Waals surface area contributed by atoms with Gasteiger partial charge in [0, 0.05) is 24.3 Å². The number of nitrogens with zero attached hydrogens (tertiary/aromatic N) is 3. The van der Waals surface area contributed by atoms with E-state index in [2.05, 4.69) is 45.0 Å². The van der Waals surface area contributed by atoms with Crippen LogP contribution in [0, 0.1) is 5.92 Å². The molecule has 1 amide bonds. The smallest absolute Gasteiger partial charge is 0.230 e. The fourth-order valence-corrected chi connectivity index (χ4v) is 4.90. The molecular weight excluding hydrogens is 326 g/mol. The highest BCUT2D eigenvalue weighted by atomic mass is 16.2. The van der Waals surface area contributed by atoms with Crippen LogP contribution in [0.4, 0.5) is 5.95 Å². The standard InChI is InChI=1S/C20H25N5O/c1-25-19(22-17(24-25)14-7-10-21-11-8-14)23-18(26)16-12-20(16)9-6-13-4-2-3-5-15(13)20/h2-5,14,16,21H,6-12H2,1H3,(H,22,23,24,26). The highest BCUT2D eigenvalue weighted by Crippen LogP contribution is 2.61. The lowest BCUT2D eigenvalue weighted by Gasteiger charge is -2.19. The first-order chi connectivity index (χ1) is 12.7. The van der Waals surface area contributed by atoms with Crippen LogP contribution in [0.25, 0.3) is 0 Å². The summed E-state index contributed by atoms with van der Waals surface area (Å²) in [5, 5.41) is 11.0. The van der Waals surface area contributed by atoms with Crippen molar-refractivity contribution in [1.29, 1.82) is 0 Å². The number of hydrogen-bond donors (Lipinski definition) is 2. The average Bonchev–Trinajstić information content (AvgIpc) is 3.14. The van der Waals surface area contributed by atoms with Gasteiger partial charge in [0.2, 0.25) is 11.9 Å². The summed E-state index contributed by atoms with van der Waals surface area (Å²) < 4.78 is 1.72. The Kier molecular flexibility index (Phi) is 3.64. The zero-order valence-electron chi connectivity index (χ0n) is 15.2. The summed E-state index contributed by atoms with van der Waals surface area (Å²) in [4.78, 5) is 17.5. The van der Waals surface area contributed by atoms with E-state index in [0.717, 1.165) is 51.0 Å². The SMILES string of the molecule is Cn1nc(C2CCNCC2)nc1NC(=O)C1CC12CCc1ccccc12. The van der Waals surface area contributed by atoms with Crippen molar-refractivity contribution in [3.05, 3.63) is 41.2 Å². The van der Waals surface area contributed by atoms with Gasteiger partial charge in [0.15, 0.2) is 5.82 Å². The fourth-order valence-electron chi connectivity index (χ4n) is 4.90. The zero-order valence-corrected chi connectivity index (χ0v) is 15.2. The highest BCUT2D eigenvalue weighted by Gasteiger charge is 2.61. The lowest BCUT2D eigenvalue weighted by Crippen LogP contribution is -2.27. The molecule has 0 bridgehead atoms. The van der Waals surface area contributed by atoms with Crippen molar-refractivity contribution in [2.45, 2.75) is 43.4 Å². The molecule has 136 valence electrons. The van der Waals surface area contributed by atoms with Crippen LogP contribution in [-0.4, -0.2) is 33.8 Å². The Bertz CT molecular complexity index is 854. The van der Waals surface area contributed by atoms with Gasteiger partial charge in [-0.05, 0) is 56.3 Å². The number of hydrogen-bond acceptors (Lipinski definition) is 4. The molecule has 1 saturated carbocycles. The van der Waals surface area contributed by atoms with Crippen LogP contribution in [0.1, 0.15) is 48.6 Å². The molecule has 5 rings (SSSR count). The number of aromatic nitrogens is 3. The van der Waals surface area contributed by atoms with Gasteiger partial charge in [-0.3, -0.25) is 10.1 Å². The summed E-state index contributed by atoms with van der Waals surface area (Å²) in [6.45, 7) is 2.02. The van der Waals surface area contributed by atoms with Gasteiger partial charge in [-0.15, -0.1) is 0 Å². The first kappa shape index (κ1) is 16.0. The number of carbonyl (C=O) groups excluding carboxylic acids is 1. The molecule has 2 N–H and O–H groups in total. The number of piperidine rings is 1. The highest BCUT2D eigenvalue weighted by molar-refractivity contribution is 5.95. The topological polar surface area (TPSA) is 71.8 Å². The normalized spacial score (nSPS) is 27.5. The summed E-state index contributed by atoms with van der Waals surface area (Å²) in [7, 11) is 1.86. The number of rotatable bonds is 3. The van der Waals surface area contributed by atoms with Crippen LogP contribution in [0.3, 0.4) is 0 Å². The monoisotopic (exact) mass is 351 g/mol. The first-order valence-corrected chi connectivity index (χ1v) is 9.68. The van der Waals surface area contributed by atoms with Crippen LogP contribution in [-0.2, 0) is 23.7 Å². The molecule has 0 radical (unpaired) electrons. The van der Waals surface area contributed by atoms with E-state index in [4.69, 9.17) is 0 Å². The van der Waals surface area contributed by atoms with Gasteiger partial charge in [0.1, 0.15) is 0 Å². The van der Waals surface area contributed by atoms with Gasteiger partial charge < -0.3 is 5.32 Å². The van der Waals surface area contributed by atoms with Gasteiger partial charge in [-0.2, -0.15) is 10.1 Å². The number of anilines is 1. The Morgan fingerprint density at radius 2 is 2.12 bits per heavy atom. The van der Waals surface area contributed by atoms with E-state index >= 15 is 0 Å². The molecule has 1 saturated heterocycles. The Hall–Kier alpha value is -2.21. The Morgan fingerprint density at radius 1 is 1.31 bits per heavy atom. The number of carbonyl (C=O) groups is 1. The number of aryl methyl sites for hydroxylation is 2. The molecule has 2 fully saturated rings. The Balaban J connectivity index is 1.31. The molecule has 1 aromatic heterocycles. The van der Waals surface area contributed by atoms with Crippen LogP contribution in [0.15, 0.2) is 24.3 Å². The number of nitrogens with one attached hydrogen (secondary N) is 2. The predicted molar refractivity (Wildman–Crippen MR) is 99.0 cm³/mol. The van der Waals surface area contributed by atoms with E-state index in [1.54, 1.807) is 4.68 Å². The lowest BCUT2D eigenvalue weighted by molar-refractivity contribution is -0.117. The maximum Gasteiger partial charge on any atom is 0.230 e. The average molecular weight is 351 g/mol. The van der Waals surface area contributed by atoms with E-state index in [1.807, 2.05) is 7.05 Å². The minimum absolute atomic E-state index is 0.0604. The van der Waals surface area contributed by atoms with Crippen molar-refractivity contribution in [3.8, 4) is 0 Å². The third-order valence-electron chi connectivity index (χ3n) is 6.50. The lowest BCUT2D eigenvalue weighted by atomic mass is 9.95. The van der Waals surface area contributed by atoms with Crippen LogP contribution >= 0.6 is 0 Å². The molecule has 26 heavy (non-hydrogen) atoms. The Morgan fingerprint density at radius 3 is 2.96 bits per heavy atom. The molecular formula is C20H25N5O. The molecule has 1 aliphatic heterocycles. The molecule has 6 nitrogen and oxygen atoms in total. The minimum Gasteiger partial charge on any atom is -0.317 e. The van der Waals surface area contributed by atoms with Crippen molar-refractivity contribution >= 4 is 11.9 Å². The van der Waals surface area contributed by atoms with E-state index in [1.165, 1.54) is 11.1 Å². The van der Waals surface area contributed by atoms with Gasteiger partial charge >= 0.3 is 0 Å². The van der Waals surface area contributed by atoms with E-state index in [9.17, 15) is 4.79 Å². The third kappa shape index (κ3) is 2.47. The molecule has 2 aromatic rings. The minimum atomic E-state index is 0.0604. The molecule has 2 atom stereocenters. The first-order valence-electron chi connectivity index (χ1n) is 9.68. The second-order valence-electron chi connectivity index (χ2n) is 8.00. The van der Waals surface area contributed by atoms with Gasteiger partial charge in [0.05, 0.1) is 0 Å². The van der Waals surface area contributed by atoms with Crippen molar-refractivity contribution in [1.82, 2.24) is 20.1 Å². The van der Waals surface area contributed by atoms with Crippen LogP contribution in [0.2, 0.25) is 0 Å². The second kappa shape index (κ2) is 5.91. The number of benzene rings is 1. The quantitative estimate of drug-likeness (QED) is 0.889. The molecule has 6 heteroatoms. The molecule has 3 aliphatic rings. The Labute approximate surface area is 153 Å². The van der Waals surface area contributed by atoms with E-state index in [-0.39, 0.29) is 17.2 Å². The molecule has 1 aromatic carbocycles. The molecule has 2 heterocycles. The third-order valence-corrected chi connectivity index (χ3v) is 6.50. The van der Waals surface area contributed by atoms with Crippen molar-refractivity contribution in [2.75, 3.05) is 18.4 Å². The fraction of sp³-hybridized carbons (Fsp3) is 0.550. The summed E-state index contributed by atoms with van der Waals surface area (Å²) >= 11 is 0. The van der Waals surface area contributed by atoms with Crippen molar-refractivity contribution < 1.29 is 4.79 Å². The molecule has 2 unspecified atom stereocenters. The van der Waals surface area contributed by atoms with Gasteiger partial charge in [-0.1, -0.05) is 24.3 Å². The summed E-state index contributed by atoms with van der Waals surface area (Å²) in [6, 6.07) is 8.59. The largest absolute Gasteiger partial charge is 0.317 e. The second-order valence-corrected chi connectivity index (χ2v) is 8.00. The number of amides is 1. The molecule has 2 aliphatic carbocycles. The zero-order chi connectivity index (χ0) is 17.7. The van der Waals surface area contributed by atoms with E-state index < -0.39 is 0 Å². The summed E-state index contributed by atoms with van der Waals surface area (Å²) in [6.07, 6.45) is 5.24. The van der Waals surface area contributed by atoms with Crippen molar-refractivity contribution in [2.24, 2.45) is 13.0 Å².